The molecule has 1 N–H and O–H groups in total. The first-order valence-electron chi connectivity index (χ1n) is 9.34. The molecule has 0 amide bonds. The summed E-state index contributed by atoms with van der Waals surface area (Å²) in [4.78, 5) is 11.8. The lowest BCUT2D eigenvalue weighted by Gasteiger charge is -2.61. The van der Waals surface area contributed by atoms with Crippen molar-refractivity contribution in [1.82, 2.24) is 0 Å². The zero-order chi connectivity index (χ0) is 25.2. The van der Waals surface area contributed by atoms with E-state index >= 15 is 8.78 Å². The van der Waals surface area contributed by atoms with Crippen molar-refractivity contribution < 1.29 is 63.3 Å². The Balaban J connectivity index is 2.78. The Morgan fingerprint density at radius 2 is 1.44 bits per heavy atom. The molecule has 32 heavy (non-hydrogen) atoms. The number of carbonyl (C=O) groups excluding carboxylic acids is 1. The van der Waals surface area contributed by atoms with Gasteiger partial charge in [-0.3, -0.25) is 0 Å². The second-order valence-electron chi connectivity index (χ2n) is 8.20. The molecule has 2 rings (SSSR count). The standard InChI is InChI=1S/C18H20F10O4/c1-9(15(19,20)21)11(29)31-12(2)16(22,23)13(3,30)32-14(17(12,24)25,18(26,27)28)10-7-5-4-6-8-10/h10,30H,1,4-8H2,2-3H3. The van der Waals surface area contributed by atoms with Gasteiger partial charge in [0.1, 0.15) is 5.57 Å². The highest BCUT2D eigenvalue weighted by Gasteiger charge is 2.92. The molecule has 2 aliphatic rings. The predicted molar refractivity (Wildman–Crippen MR) is 86.7 cm³/mol. The summed E-state index contributed by atoms with van der Waals surface area (Å²) in [7, 11) is 0. The van der Waals surface area contributed by atoms with E-state index in [1.807, 2.05) is 0 Å². The van der Waals surface area contributed by atoms with Gasteiger partial charge in [-0.2, -0.15) is 43.9 Å². The Morgan fingerprint density at radius 1 is 0.969 bits per heavy atom. The maximum Gasteiger partial charge on any atom is 0.424 e. The number of halogens is 10. The lowest BCUT2D eigenvalue weighted by atomic mass is 9.64. The minimum Gasteiger partial charge on any atom is -0.442 e. The smallest absolute Gasteiger partial charge is 0.424 e. The number of hydrogen-bond donors (Lipinski definition) is 1. The molecule has 0 radical (unpaired) electrons. The summed E-state index contributed by atoms with van der Waals surface area (Å²) in [6.07, 6.45) is -12.5. The average Bonchev–Trinajstić information content (AvgIpc) is 2.62. The number of esters is 1. The van der Waals surface area contributed by atoms with Gasteiger partial charge < -0.3 is 14.6 Å². The van der Waals surface area contributed by atoms with Gasteiger partial charge in [-0.15, -0.1) is 0 Å². The van der Waals surface area contributed by atoms with Crippen molar-refractivity contribution in [2.75, 3.05) is 0 Å². The minimum atomic E-state index is -6.10. The average molecular weight is 490 g/mol. The molecular weight excluding hydrogens is 470 g/mol. The minimum absolute atomic E-state index is 0.0120. The highest BCUT2D eigenvalue weighted by Crippen LogP contribution is 2.66. The number of hydrogen-bond acceptors (Lipinski definition) is 4. The van der Waals surface area contributed by atoms with Crippen molar-refractivity contribution in [2.45, 2.75) is 87.1 Å². The van der Waals surface area contributed by atoms with Crippen LogP contribution in [0.3, 0.4) is 0 Å². The van der Waals surface area contributed by atoms with Gasteiger partial charge in [0.2, 0.25) is 17.0 Å². The molecule has 4 nitrogen and oxygen atoms in total. The second kappa shape index (κ2) is 7.47. The van der Waals surface area contributed by atoms with E-state index in [9.17, 15) is 45.0 Å². The van der Waals surface area contributed by atoms with Crippen LogP contribution in [0.15, 0.2) is 12.2 Å². The van der Waals surface area contributed by atoms with Crippen LogP contribution >= 0.6 is 0 Å². The molecule has 1 saturated heterocycles. The number of aliphatic hydroxyl groups is 1. The normalized spacial score (nSPS) is 35.9. The van der Waals surface area contributed by atoms with Crippen molar-refractivity contribution in [1.29, 1.82) is 0 Å². The Hall–Kier alpha value is -1.57. The summed E-state index contributed by atoms with van der Waals surface area (Å²) >= 11 is 0. The summed E-state index contributed by atoms with van der Waals surface area (Å²) in [6.45, 7) is 1.80. The van der Waals surface area contributed by atoms with E-state index in [4.69, 9.17) is 0 Å². The fourth-order valence-corrected chi connectivity index (χ4v) is 4.24. The number of alkyl halides is 10. The largest absolute Gasteiger partial charge is 0.442 e. The summed E-state index contributed by atoms with van der Waals surface area (Å²) in [6, 6.07) is 0. The predicted octanol–water partition coefficient (Wildman–Crippen LogP) is 5.30. The SMILES string of the molecule is C=C(C(=O)OC1(C)C(F)(F)C(C)(O)OC(C2CCCCC2)(C(F)(F)F)C1(F)F)C(F)(F)F. The van der Waals surface area contributed by atoms with Crippen molar-refractivity contribution in [3.63, 3.8) is 0 Å². The highest BCUT2D eigenvalue weighted by atomic mass is 19.4. The zero-order valence-electron chi connectivity index (χ0n) is 16.8. The maximum absolute atomic E-state index is 15.6. The van der Waals surface area contributed by atoms with E-state index in [1.165, 1.54) is 0 Å². The van der Waals surface area contributed by atoms with Gasteiger partial charge in [-0.1, -0.05) is 25.8 Å². The third kappa shape index (κ3) is 3.48. The van der Waals surface area contributed by atoms with Crippen LogP contribution in [0.2, 0.25) is 0 Å². The molecule has 3 unspecified atom stereocenters. The van der Waals surface area contributed by atoms with Gasteiger partial charge in [-0.05, 0) is 26.7 Å². The molecule has 0 aromatic carbocycles. The molecule has 3 atom stereocenters. The van der Waals surface area contributed by atoms with E-state index < -0.39 is 71.5 Å². The maximum atomic E-state index is 15.6. The molecule has 1 saturated carbocycles. The third-order valence-corrected chi connectivity index (χ3v) is 6.09. The first-order valence-corrected chi connectivity index (χ1v) is 9.34. The first-order chi connectivity index (χ1) is 14.1. The van der Waals surface area contributed by atoms with E-state index in [1.54, 1.807) is 0 Å². The summed E-state index contributed by atoms with van der Waals surface area (Å²) in [5.74, 6) is -20.7. The van der Waals surface area contributed by atoms with Crippen LogP contribution in [0.5, 0.6) is 0 Å². The van der Waals surface area contributed by atoms with Crippen LogP contribution in [0.4, 0.5) is 43.9 Å². The molecule has 1 aliphatic heterocycles. The van der Waals surface area contributed by atoms with Crippen LogP contribution in [0.25, 0.3) is 0 Å². The van der Waals surface area contributed by atoms with Crippen molar-refractivity contribution >= 4 is 5.97 Å². The van der Waals surface area contributed by atoms with E-state index in [-0.39, 0.29) is 26.7 Å². The summed E-state index contributed by atoms with van der Waals surface area (Å²) in [5, 5.41) is 10.1. The topological polar surface area (TPSA) is 55.8 Å². The molecule has 1 aliphatic carbocycles. The lowest BCUT2D eigenvalue weighted by Crippen LogP contribution is -2.86. The molecule has 1 heterocycles. The molecule has 0 spiro atoms. The number of carbonyl (C=O) groups is 1. The van der Waals surface area contributed by atoms with Crippen LogP contribution in [0, 0.1) is 5.92 Å². The van der Waals surface area contributed by atoms with Gasteiger partial charge in [-0.25, -0.2) is 4.79 Å². The van der Waals surface area contributed by atoms with Crippen molar-refractivity contribution in [3.8, 4) is 0 Å². The van der Waals surface area contributed by atoms with E-state index in [0.717, 1.165) is 0 Å². The van der Waals surface area contributed by atoms with Gasteiger partial charge >= 0.3 is 30.2 Å². The molecule has 2 fully saturated rings. The lowest BCUT2D eigenvalue weighted by molar-refractivity contribution is -0.523. The molecule has 14 heteroatoms. The van der Waals surface area contributed by atoms with Crippen LogP contribution < -0.4 is 0 Å². The van der Waals surface area contributed by atoms with Crippen LogP contribution in [-0.2, 0) is 14.3 Å². The summed E-state index contributed by atoms with van der Waals surface area (Å²) in [5.41, 5.74) is -12.2. The molecule has 186 valence electrons. The second-order valence-corrected chi connectivity index (χ2v) is 8.20. The van der Waals surface area contributed by atoms with Gasteiger partial charge in [0.05, 0.1) is 0 Å². The first kappa shape index (κ1) is 26.7. The molecular formula is C18H20F10O4. The van der Waals surface area contributed by atoms with Crippen molar-refractivity contribution in [3.05, 3.63) is 12.2 Å². The zero-order valence-corrected chi connectivity index (χ0v) is 16.8. The fraction of sp³-hybridized carbons (Fsp3) is 0.833. The van der Waals surface area contributed by atoms with E-state index in [0.29, 0.717) is 6.42 Å². The molecule has 0 bridgehead atoms. The van der Waals surface area contributed by atoms with E-state index in [2.05, 4.69) is 16.1 Å². The van der Waals surface area contributed by atoms with Gasteiger partial charge in [0.25, 0.3) is 0 Å². The Morgan fingerprint density at radius 3 is 1.84 bits per heavy atom. The Labute approximate surface area is 175 Å². The van der Waals surface area contributed by atoms with Crippen LogP contribution in [-0.4, -0.2) is 52.3 Å². The van der Waals surface area contributed by atoms with Crippen LogP contribution in [0.1, 0.15) is 46.0 Å². The monoisotopic (exact) mass is 490 g/mol. The van der Waals surface area contributed by atoms with Crippen molar-refractivity contribution in [2.24, 2.45) is 5.92 Å². The molecule has 0 aromatic rings. The van der Waals surface area contributed by atoms with Gasteiger partial charge in [0, 0.05) is 5.92 Å². The Bertz CT molecular complexity index is 767. The number of rotatable bonds is 3. The third-order valence-electron chi connectivity index (χ3n) is 6.09. The summed E-state index contributed by atoms with van der Waals surface area (Å²) < 4.78 is 150. The Kier molecular flexibility index (Phi) is 6.23. The molecule has 0 aromatic heterocycles. The fourth-order valence-electron chi connectivity index (χ4n) is 4.24. The number of ether oxygens (including phenoxy) is 2. The van der Waals surface area contributed by atoms with Gasteiger partial charge in [0.15, 0.2) is 0 Å². The highest BCUT2D eigenvalue weighted by molar-refractivity contribution is 5.89. The quantitative estimate of drug-likeness (QED) is 0.332.